The second-order valence-electron chi connectivity index (χ2n) is 2.05. The minimum Gasteiger partial charge on any atom is -0.276 e. The minimum atomic E-state index is -0.529. The fourth-order valence-corrected chi connectivity index (χ4v) is 1.56. The van der Waals surface area contributed by atoms with Gasteiger partial charge in [0.25, 0.3) is 5.24 Å². The van der Waals surface area contributed by atoms with Crippen LogP contribution in [0.5, 0.6) is 0 Å². The summed E-state index contributed by atoms with van der Waals surface area (Å²) in [4.78, 5) is 13.9. The summed E-state index contributed by atoms with van der Waals surface area (Å²) in [6.07, 6.45) is 0. The second-order valence-corrected chi connectivity index (χ2v) is 3.25. The predicted molar refractivity (Wildman–Crippen MR) is 50.6 cm³/mol. The SMILES string of the molecule is [C-]#[N+]c1ccc(C(=O)Cl)c(Br)c1. The van der Waals surface area contributed by atoms with E-state index >= 15 is 0 Å². The highest BCUT2D eigenvalue weighted by molar-refractivity contribution is 9.10. The fraction of sp³-hybridized carbons (Fsp3) is 0. The maximum absolute atomic E-state index is 10.7. The molecule has 0 amide bonds. The summed E-state index contributed by atoms with van der Waals surface area (Å²) >= 11 is 8.40. The van der Waals surface area contributed by atoms with Crippen molar-refractivity contribution in [3.05, 3.63) is 39.7 Å². The quantitative estimate of drug-likeness (QED) is 0.548. The molecule has 60 valence electrons. The molecule has 0 heterocycles. The maximum Gasteiger partial charge on any atom is 0.253 e. The highest BCUT2D eigenvalue weighted by Gasteiger charge is 2.06. The smallest absolute Gasteiger partial charge is 0.253 e. The Labute approximate surface area is 83.1 Å². The van der Waals surface area contributed by atoms with E-state index in [1.165, 1.54) is 6.07 Å². The third-order valence-electron chi connectivity index (χ3n) is 1.29. The van der Waals surface area contributed by atoms with Crippen LogP contribution in [0.4, 0.5) is 5.69 Å². The van der Waals surface area contributed by atoms with Gasteiger partial charge in [0.15, 0.2) is 5.69 Å². The lowest BCUT2D eigenvalue weighted by molar-refractivity contribution is 0.108. The monoisotopic (exact) mass is 243 g/mol. The van der Waals surface area contributed by atoms with Gasteiger partial charge in [0, 0.05) is 10.0 Å². The first-order valence-corrected chi connectivity index (χ1v) is 4.19. The number of halogens is 2. The van der Waals surface area contributed by atoms with Crippen LogP contribution in [0, 0.1) is 6.57 Å². The molecule has 0 bridgehead atoms. The molecule has 1 aromatic carbocycles. The number of hydrogen-bond acceptors (Lipinski definition) is 1. The van der Waals surface area contributed by atoms with E-state index in [-0.39, 0.29) is 0 Å². The Balaban J connectivity index is 3.23. The van der Waals surface area contributed by atoms with Crippen LogP contribution in [0.25, 0.3) is 4.85 Å². The summed E-state index contributed by atoms with van der Waals surface area (Å²) in [6.45, 7) is 6.70. The van der Waals surface area contributed by atoms with E-state index in [9.17, 15) is 4.79 Å². The Bertz CT molecular complexity index is 370. The Morgan fingerprint density at radius 2 is 2.25 bits per heavy atom. The molecule has 0 radical (unpaired) electrons. The summed E-state index contributed by atoms with van der Waals surface area (Å²) < 4.78 is 0.552. The largest absolute Gasteiger partial charge is 0.276 e. The number of benzene rings is 1. The van der Waals surface area contributed by atoms with E-state index in [1.807, 2.05) is 0 Å². The van der Waals surface area contributed by atoms with Crippen molar-refractivity contribution in [3.63, 3.8) is 0 Å². The Kier molecular flexibility index (Phi) is 2.85. The van der Waals surface area contributed by atoms with Crippen molar-refractivity contribution in [1.82, 2.24) is 0 Å². The van der Waals surface area contributed by atoms with Gasteiger partial charge in [-0.05, 0) is 17.7 Å². The van der Waals surface area contributed by atoms with Crippen molar-refractivity contribution in [2.75, 3.05) is 0 Å². The minimum absolute atomic E-state index is 0.379. The molecule has 0 aliphatic heterocycles. The first-order valence-electron chi connectivity index (χ1n) is 3.02. The summed E-state index contributed by atoms with van der Waals surface area (Å²) in [5.74, 6) is 0. The van der Waals surface area contributed by atoms with Gasteiger partial charge in [0.05, 0.1) is 6.57 Å². The van der Waals surface area contributed by atoms with E-state index < -0.39 is 5.24 Å². The van der Waals surface area contributed by atoms with Crippen molar-refractivity contribution in [2.45, 2.75) is 0 Å². The van der Waals surface area contributed by atoms with Crippen LogP contribution in [0.3, 0.4) is 0 Å². The van der Waals surface area contributed by atoms with Crippen molar-refractivity contribution in [1.29, 1.82) is 0 Å². The van der Waals surface area contributed by atoms with Crippen LogP contribution in [0.2, 0.25) is 0 Å². The van der Waals surface area contributed by atoms with Gasteiger partial charge in [0.2, 0.25) is 0 Å². The molecule has 0 spiro atoms. The Hall–Kier alpha value is -0.850. The molecule has 0 N–H and O–H groups in total. The molecule has 1 rings (SSSR count). The Morgan fingerprint density at radius 3 is 2.67 bits per heavy atom. The summed E-state index contributed by atoms with van der Waals surface area (Å²) in [6, 6.07) is 4.63. The van der Waals surface area contributed by atoms with E-state index in [0.29, 0.717) is 15.7 Å². The van der Waals surface area contributed by atoms with Crippen LogP contribution in [0.15, 0.2) is 22.7 Å². The van der Waals surface area contributed by atoms with Crippen molar-refractivity contribution in [3.8, 4) is 0 Å². The summed E-state index contributed by atoms with van der Waals surface area (Å²) in [7, 11) is 0. The lowest BCUT2D eigenvalue weighted by atomic mass is 10.2. The topological polar surface area (TPSA) is 21.4 Å². The van der Waals surface area contributed by atoms with E-state index in [0.717, 1.165) is 0 Å². The van der Waals surface area contributed by atoms with Gasteiger partial charge in [-0.25, -0.2) is 4.85 Å². The molecule has 12 heavy (non-hydrogen) atoms. The lowest BCUT2D eigenvalue weighted by Crippen LogP contribution is -1.88. The second kappa shape index (κ2) is 3.70. The zero-order chi connectivity index (χ0) is 9.14. The van der Waals surface area contributed by atoms with Gasteiger partial charge in [-0.3, -0.25) is 4.79 Å². The van der Waals surface area contributed by atoms with Crippen LogP contribution in [-0.2, 0) is 0 Å². The van der Waals surface area contributed by atoms with Gasteiger partial charge in [-0.15, -0.1) is 0 Å². The lowest BCUT2D eigenvalue weighted by Gasteiger charge is -1.97. The van der Waals surface area contributed by atoms with E-state index in [4.69, 9.17) is 18.2 Å². The fourth-order valence-electron chi connectivity index (χ4n) is 0.733. The highest BCUT2D eigenvalue weighted by Crippen LogP contribution is 2.24. The van der Waals surface area contributed by atoms with Crippen LogP contribution >= 0.6 is 27.5 Å². The molecule has 0 saturated carbocycles. The third-order valence-corrected chi connectivity index (χ3v) is 2.15. The first kappa shape index (κ1) is 9.24. The molecule has 0 aliphatic carbocycles. The van der Waals surface area contributed by atoms with E-state index in [1.54, 1.807) is 12.1 Å². The molecule has 2 nitrogen and oxygen atoms in total. The summed E-state index contributed by atoms with van der Waals surface area (Å²) in [5, 5.41) is -0.529. The van der Waals surface area contributed by atoms with Crippen molar-refractivity contribution in [2.24, 2.45) is 0 Å². The zero-order valence-electron chi connectivity index (χ0n) is 5.84. The number of rotatable bonds is 1. The highest BCUT2D eigenvalue weighted by atomic mass is 79.9. The standard InChI is InChI=1S/C8H3BrClNO/c1-11-5-2-3-6(8(10)12)7(9)4-5/h2-4H. The average Bonchev–Trinajstić information content (AvgIpc) is 2.03. The molecule has 0 fully saturated rings. The molecule has 0 atom stereocenters. The van der Waals surface area contributed by atoms with E-state index in [2.05, 4.69) is 20.8 Å². The zero-order valence-corrected chi connectivity index (χ0v) is 8.19. The first-order chi connectivity index (χ1) is 5.65. The number of hydrogen-bond donors (Lipinski definition) is 0. The van der Waals surface area contributed by atoms with Crippen molar-refractivity contribution < 1.29 is 4.79 Å². The number of nitrogens with zero attached hydrogens (tertiary/aromatic N) is 1. The maximum atomic E-state index is 10.7. The molecule has 0 aliphatic rings. The summed E-state index contributed by atoms with van der Waals surface area (Å²) in [5.41, 5.74) is 0.854. The third kappa shape index (κ3) is 1.84. The van der Waals surface area contributed by atoms with Gasteiger partial charge in [-0.2, -0.15) is 0 Å². The van der Waals surface area contributed by atoms with Gasteiger partial charge >= 0.3 is 0 Å². The number of carbonyl (C=O) groups excluding carboxylic acids is 1. The molecule has 0 unspecified atom stereocenters. The molecular weight excluding hydrogens is 241 g/mol. The Morgan fingerprint density at radius 1 is 1.58 bits per heavy atom. The average molecular weight is 244 g/mol. The van der Waals surface area contributed by atoms with Crippen LogP contribution < -0.4 is 0 Å². The number of carbonyl (C=O) groups is 1. The normalized spacial score (nSPS) is 9.08. The van der Waals surface area contributed by atoms with Gasteiger partial charge in [-0.1, -0.05) is 28.1 Å². The molecular formula is C8H3BrClNO. The predicted octanol–water partition coefficient (Wildman–Crippen LogP) is 3.38. The van der Waals surface area contributed by atoms with Crippen molar-refractivity contribution >= 4 is 38.5 Å². The van der Waals surface area contributed by atoms with Gasteiger partial charge in [0.1, 0.15) is 0 Å². The van der Waals surface area contributed by atoms with Gasteiger partial charge < -0.3 is 0 Å². The molecule has 0 aromatic heterocycles. The molecule has 1 aromatic rings. The van der Waals surface area contributed by atoms with Crippen LogP contribution in [-0.4, -0.2) is 5.24 Å². The van der Waals surface area contributed by atoms with Crippen LogP contribution in [0.1, 0.15) is 10.4 Å². The molecule has 0 saturated heterocycles. The molecule has 4 heteroatoms.